The number of nitrogens with two attached hydrogens (primary N) is 1. The zero-order valence-electron chi connectivity index (χ0n) is 10.0. The number of aromatic nitrogens is 1. The Hall–Kier alpha value is -1.13. The zero-order chi connectivity index (χ0) is 11.8. The molecular weight excluding hydrogens is 204 g/mol. The van der Waals surface area contributed by atoms with Gasteiger partial charge in [0, 0.05) is 18.8 Å². The molecule has 0 fully saturated rings. The van der Waals surface area contributed by atoms with Crippen molar-refractivity contribution in [2.75, 3.05) is 19.8 Å². The van der Waals surface area contributed by atoms with Gasteiger partial charge in [-0.25, -0.2) is 0 Å². The average molecular weight is 224 g/mol. The molecule has 0 atom stereocenters. The van der Waals surface area contributed by atoms with Gasteiger partial charge in [-0.15, -0.1) is 0 Å². The molecule has 0 saturated heterocycles. The van der Waals surface area contributed by atoms with E-state index >= 15 is 0 Å². The SMILES string of the molecule is CCCOCCOc1ccc(C)nc1CN. The molecule has 1 rings (SSSR count). The summed E-state index contributed by atoms with van der Waals surface area (Å²) in [6, 6.07) is 3.83. The molecule has 0 amide bonds. The Morgan fingerprint density at radius 2 is 2.06 bits per heavy atom. The van der Waals surface area contributed by atoms with Gasteiger partial charge >= 0.3 is 0 Å². The van der Waals surface area contributed by atoms with Crippen molar-refractivity contribution in [2.24, 2.45) is 5.73 Å². The standard InChI is InChI=1S/C12H20N2O2/c1-3-6-15-7-8-16-12-5-4-10(2)14-11(12)9-13/h4-5H,3,6-9,13H2,1-2H3. The fourth-order valence-electron chi connectivity index (χ4n) is 1.33. The molecule has 0 saturated carbocycles. The minimum Gasteiger partial charge on any atom is -0.489 e. The summed E-state index contributed by atoms with van der Waals surface area (Å²) in [5, 5.41) is 0. The van der Waals surface area contributed by atoms with Crippen LogP contribution in [-0.4, -0.2) is 24.8 Å². The van der Waals surface area contributed by atoms with Crippen molar-refractivity contribution in [3.05, 3.63) is 23.5 Å². The Bertz CT molecular complexity index is 316. The average Bonchev–Trinajstić information content (AvgIpc) is 2.30. The van der Waals surface area contributed by atoms with Gasteiger partial charge in [0.1, 0.15) is 12.4 Å². The van der Waals surface area contributed by atoms with Crippen LogP contribution in [0.2, 0.25) is 0 Å². The van der Waals surface area contributed by atoms with E-state index in [0.29, 0.717) is 19.8 Å². The lowest BCUT2D eigenvalue weighted by atomic mass is 10.3. The molecule has 1 aromatic rings. The highest BCUT2D eigenvalue weighted by Gasteiger charge is 2.03. The van der Waals surface area contributed by atoms with Crippen molar-refractivity contribution < 1.29 is 9.47 Å². The minimum absolute atomic E-state index is 0.396. The normalized spacial score (nSPS) is 10.4. The molecule has 0 unspecified atom stereocenters. The van der Waals surface area contributed by atoms with Crippen molar-refractivity contribution in [2.45, 2.75) is 26.8 Å². The van der Waals surface area contributed by atoms with Gasteiger partial charge in [0.05, 0.1) is 12.3 Å². The predicted molar refractivity (Wildman–Crippen MR) is 63.5 cm³/mol. The lowest BCUT2D eigenvalue weighted by Crippen LogP contribution is -2.10. The highest BCUT2D eigenvalue weighted by atomic mass is 16.5. The van der Waals surface area contributed by atoms with Crippen LogP contribution in [-0.2, 0) is 11.3 Å². The van der Waals surface area contributed by atoms with E-state index in [-0.39, 0.29) is 0 Å². The monoisotopic (exact) mass is 224 g/mol. The molecule has 0 bridgehead atoms. The number of aryl methyl sites for hydroxylation is 1. The van der Waals surface area contributed by atoms with Crippen molar-refractivity contribution in [3.63, 3.8) is 0 Å². The molecule has 0 aromatic carbocycles. The van der Waals surface area contributed by atoms with Gasteiger partial charge in [-0.2, -0.15) is 0 Å². The Morgan fingerprint density at radius 3 is 2.75 bits per heavy atom. The summed E-state index contributed by atoms with van der Waals surface area (Å²) >= 11 is 0. The highest BCUT2D eigenvalue weighted by Crippen LogP contribution is 2.15. The molecule has 0 aliphatic rings. The van der Waals surface area contributed by atoms with Crippen molar-refractivity contribution in [1.82, 2.24) is 4.98 Å². The van der Waals surface area contributed by atoms with Gasteiger partial charge in [0.2, 0.25) is 0 Å². The second-order valence-electron chi connectivity index (χ2n) is 3.56. The molecule has 0 aliphatic carbocycles. The van der Waals surface area contributed by atoms with Gasteiger partial charge in [-0.1, -0.05) is 6.92 Å². The van der Waals surface area contributed by atoms with Crippen LogP contribution in [0.1, 0.15) is 24.7 Å². The van der Waals surface area contributed by atoms with Gasteiger partial charge < -0.3 is 15.2 Å². The predicted octanol–water partition coefficient (Wildman–Crippen LogP) is 1.65. The molecule has 2 N–H and O–H groups in total. The summed E-state index contributed by atoms with van der Waals surface area (Å²) in [6.45, 7) is 6.33. The maximum Gasteiger partial charge on any atom is 0.142 e. The van der Waals surface area contributed by atoms with Crippen molar-refractivity contribution >= 4 is 0 Å². The second kappa shape index (κ2) is 7.19. The smallest absolute Gasteiger partial charge is 0.142 e. The van der Waals surface area contributed by atoms with Gasteiger partial charge in [-0.3, -0.25) is 4.98 Å². The Kier molecular flexibility index (Phi) is 5.82. The highest BCUT2D eigenvalue weighted by molar-refractivity contribution is 5.29. The summed E-state index contributed by atoms with van der Waals surface area (Å²) in [7, 11) is 0. The van der Waals surface area contributed by atoms with E-state index in [2.05, 4.69) is 11.9 Å². The van der Waals surface area contributed by atoms with Crippen LogP contribution in [0.5, 0.6) is 5.75 Å². The quantitative estimate of drug-likeness (QED) is 0.715. The van der Waals surface area contributed by atoms with E-state index in [1.54, 1.807) is 0 Å². The Labute approximate surface area is 96.8 Å². The molecule has 0 spiro atoms. The molecule has 0 aliphatic heterocycles. The third-order valence-corrected chi connectivity index (χ3v) is 2.10. The summed E-state index contributed by atoms with van der Waals surface area (Å²) in [6.07, 6.45) is 1.03. The van der Waals surface area contributed by atoms with Crippen molar-refractivity contribution in [1.29, 1.82) is 0 Å². The number of pyridine rings is 1. The van der Waals surface area contributed by atoms with E-state index in [9.17, 15) is 0 Å². The molecule has 1 aromatic heterocycles. The molecule has 4 nitrogen and oxygen atoms in total. The fraction of sp³-hybridized carbons (Fsp3) is 0.583. The summed E-state index contributed by atoms with van der Waals surface area (Å²) in [4.78, 5) is 4.32. The van der Waals surface area contributed by atoms with E-state index in [1.807, 2.05) is 19.1 Å². The summed E-state index contributed by atoms with van der Waals surface area (Å²) in [5.41, 5.74) is 7.35. The first kappa shape index (κ1) is 12.9. The zero-order valence-corrected chi connectivity index (χ0v) is 10.0. The first-order valence-corrected chi connectivity index (χ1v) is 5.65. The minimum atomic E-state index is 0.396. The molecule has 1 heterocycles. The number of ether oxygens (including phenoxy) is 2. The molecule has 4 heteroatoms. The fourth-order valence-corrected chi connectivity index (χ4v) is 1.33. The van der Waals surface area contributed by atoms with Crippen LogP contribution in [0.25, 0.3) is 0 Å². The number of hydrogen-bond acceptors (Lipinski definition) is 4. The molecule has 16 heavy (non-hydrogen) atoms. The number of hydrogen-bond donors (Lipinski definition) is 1. The van der Waals surface area contributed by atoms with E-state index in [1.165, 1.54) is 0 Å². The number of nitrogens with zero attached hydrogens (tertiary/aromatic N) is 1. The lowest BCUT2D eigenvalue weighted by Gasteiger charge is -2.10. The second-order valence-corrected chi connectivity index (χ2v) is 3.56. The third kappa shape index (κ3) is 4.16. The Balaban J connectivity index is 2.41. The lowest BCUT2D eigenvalue weighted by molar-refractivity contribution is 0.100. The number of rotatable bonds is 7. The summed E-state index contributed by atoms with van der Waals surface area (Å²) < 4.78 is 10.9. The first-order chi connectivity index (χ1) is 7.77. The van der Waals surface area contributed by atoms with Gasteiger partial charge in [0.15, 0.2) is 0 Å². The van der Waals surface area contributed by atoms with Gasteiger partial charge in [-0.05, 0) is 25.5 Å². The summed E-state index contributed by atoms with van der Waals surface area (Å²) in [5.74, 6) is 0.758. The van der Waals surface area contributed by atoms with Gasteiger partial charge in [0.25, 0.3) is 0 Å². The van der Waals surface area contributed by atoms with Crippen LogP contribution in [0.4, 0.5) is 0 Å². The third-order valence-electron chi connectivity index (χ3n) is 2.10. The van der Waals surface area contributed by atoms with E-state index < -0.39 is 0 Å². The van der Waals surface area contributed by atoms with Crippen LogP contribution in [0, 0.1) is 6.92 Å². The van der Waals surface area contributed by atoms with Crippen LogP contribution in [0.15, 0.2) is 12.1 Å². The van der Waals surface area contributed by atoms with Crippen molar-refractivity contribution in [3.8, 4) is 5.75 Å². The first-order valence-electron chi connectivity index (χ1n) is 5.65. The Morgan fingerprint density at radius 1 is 1.25 bits per heavy atom. The maximum atomic E-state index is 5.60. The van der Waals surface area contributed by atoms with Crippen LogP contribution >= 0.6 is 0 Å². The van der Waals surface area contributed by atoms with Crippen LogP contribution < -0.4 is 10.5 Å². The molecule has 0 radical (unpaired) electrons. The topological polar surface area (TPSA) is 57.4 Å². The largest absolute Gasteiger partial charge is 0.489 e. The molecule has 90 valence electrons. The van der Waals surface area contributed by atoms with E-state index in [4.69, 9.17) is 15.2 Å². The van der Waals surface area contributed by atoms with E-state index in [0.717, 1.165) is 30.2 Å². The molecular formula is C12H20N2O2. The van der Waals surface area contributed by atoms with Crippen LogP contribution in [0.3, 0.4) is 0 Å². The maximum absolute atomic E-state index is 5.60.